The van der Waals surface area contributed by atoms with Crippen molar-refractivity contribution in [1.29, 1.82) is 0 Å². The number of fused-ring (bicyclic) bond motifs is 1. The molecule has 2 heterocycles. The molecular weight excluding hydrogens is 310 g/mol. The van der Waals surface area contributed by atoms with Crippen molar-refractivity contribution in [3.05, 3.63) is 51.4 Å². The molecule has 0 bridgehead atoms. The number of carbonyl (C=O) groups excluding carboxylic acids is 1. The Kier molecular flexibility index (Phi) is 4.50. The van der Waals surface area contributed by atoms with E-state index in [4.69, 9.17) is 9.47 Å². The van der Waals surface area contributed by atoms with Gasteiger partial charge in [-0.1, -0.05) is 0 Å². The summed E-state index contributed by atoms with van der Waals surface area (Å²) in [7, 11) is 0. The standard InChI is InChI=1S/C17H19N3O4/c1-3-23-14-7-11-6-10(2)24-15(11)8-12(14)9-18-17(22)13-4-5-16(21)20-19-13/h4-5,7-8,10H,3,6,9H2,1-2H3,(H,18,22)(H,20,21). The van der Waals surface area contributed by atoms with E-state index in [2.05, 4.69) is 15.5 Å². The van der Waals surface area contributed by atoms with Gasteiger partial charge in [0, 0.05) is 30.2 Å². The van der Waals surface area contributed by atoms with Crippen molar-refractivity contribution in [2.24, 2.45) is 0 Å². The van der Waals surface area contributed by atoms with Gasteiger partial charge in [-0.05, 0) is 32.0 Å². The van der Waals surface area contributed by atoms with Crippen LogP contribution in [0.15, 0.2) is 29.1 Å². The van der Waals surface area contributed by atoms with Crippen molar-refractivity contribution in [3.63, 3.8) is 0 Å². The fraction of sp³-hybridized carbons (Fsp3) is 0.353. The summed E-state index contributed by atoms with van der Waals surface area (Å²) in [4.78, 5) is 23.1. The normalized spacial score (nSPS) is 15.5. The van der Waals surface area contributed by atoms with Crippen LogP contribution in [-0.2, 0) is 13.0 Å². The summed E-state index contributed by atoms with van der Waals surface area (Å²) in [6.45, 7) is 4.75. The van der Waals surface area contributed by atoms with Gasteiger partial charge in [-0.2, -0.15) is 5.10 Å². The smallest absolute Gasteiger partial charge is 0.271 e. The van der Waals surface area contributed by atoms with Crippen molar-refractivity contribution in [3.8, 4) is 11.5 Å². The summed E-state index contributed by atoms with van der Waals surface area (Å²) >= 11 is 0. The molecule has 7 heteroatoms. The predicted molar refractivity (Wildman–Crippen MR) is 87.4 cm³/mol. The predicted octanol–water partition coefficient (Wildman–Crippen LogP) is 1.42. The highest BCUT2D eigenvalue weighted by Crippen LogP contribution is 2.35. The minimum atomic E-state index is -0.372. The van der Waals surface area contributed by atoms with Gasteiger partial charge in [0.1, 0.15) is 23.3 Å². The Morgan fingerprint density at radius 2 is 2.29 bits per heavy atom. The van der Waals surface area contributed by atoms with Crippen LogP contribution in [0.2, 0.25) is 0 Å². The molecule has 0 fully saturated rings. The molecule has 0 saturated heterocycles. The van der Waals surface area contributed by atoms with Crippen LogP contribution in [0.1, 0.15) is 35.5 Å². The molecule has 0 radical (unpaired) electrons. The Morgan fingerprint density at radius 3 is 3.00 bits per heavy atom. The van der Waals surface area contributed by atoms with Crippen molar-refractivity contribution in [1.82, 2.24) is 15.5 Å². The molecule has 1 aromatic heterocycles. The molecule has 0 aliphatic carbocycles. The van der Waals surface area contributed by atoms with E-state index in [1.54, 1.807) is 0 Å². The Morgan fingerprint density at radius 1 is 1.46 bits per heavy atom. The molecule has 0 saturated carbocycles. The first kappa shape index (κ1) is 16.0. The van der Waals surface area contributed by atoms with E-state index in [0.29, 0.717) is 6.61 Å². The zero-order valence-electron chi connectivity index (χ0n) is 13.6. The molecule has 2 N–H and O–H groups in total. The van der Waals surface area contributed by atoms with Crippen molar-refractivity contribution < 1.29 is 14.3 Å². The van der Waals surface area contributed by atoms with E-state index in [0.717, 1.165) is 29.0 Å². The maximum Gasteiger partial charge on any atom is 0.271 e. The summed E-state index contributed by atoms with van der Waals surface area (Å²) in [5.74, 6) is 1.20. The molecule has 1 aromatic carbocycles. The zero-order valence-corrected chi connectivity index (χ0v) is 13.6. The summed E-state index contributed by atoms with van der Waals surface area (Å²) in [6.07, 6.45) is 0.994. The molecule has 1 aliphatic heterocycles. The van der Waals surface area contributed by atoms with Crippen LogP contribution < -0.4 is 20.3 Å². The quantitative estimate of drug-likeness (QED) is 0.865. The van der Waals surface area contributed by atoms with Crippen molar-refractivity contribution >= 4 is 5.91 Å². The maximum atomic E-state index is 12.1. The number of amides is 1. The van der Waals surface area contributed by atoms with Gasteiger partial charge in [-0.25, -0.2) is 5.10 Å². The van der Waals surface area contributed by atoms with E-state index >= 15 is 0 Å². The van der Waals surface area contributed by atoms with E-state index in [1.807, 2.05) is 26.0 Å². The van der Waals surface area contributed by atoms with Crippen LogP contribution >= 0.6 is 0 Å². The minimum absolute atomic E-state index is 0.143. The fourth-order valence-electron chi connectivity index (χ4n) is 2.65. The van der Waals surface area contributed by atoms with Crippen LogP contribution in [0.3, 0.4) is 0 Å². The summed E-state index contributed by atoms with van der Waals surface area (Å²) in [5, 5.41) is 8.73. The second-order valence-corrected chi connectivity index (χ2v) is 5.62. The van der Waals surface area contributed by atoms with E-state index in [-0.39, 0.29) is 29.8 Å². The third-order valence-corrected chi connectivity index (χ3v) is 3.73. The van der Waals surface area contributed by atoms with Gasteiger partial charge < -0.3 is 14.8 Å². The first-order valence-corrected chi connectivity index (χ1v) is 7.86. The molecule has 2 aromatic rings. The molecule has 1 atom stereocenters. The van der Waals surface area contributed by atoms with Gasteiger partial charge in [0.05, 0.1) is 6.61 Å². The number of hydrogen-bond acceptors (Lipinski definition) is 5. The highest BCUT2D eigenvalue weighted by molar-refractivity contribution is 5.91. The molecule has 0 spiro atoms. The van der Waals surface area contributed by atoms with E-state index < -0.39 is 0 Å². The number of ether oxygens (including phenoxy) is 2. The number of hydrogen-bond donors (Lipinski definition) is 2. The molecule has 7 nitrogen and oxygen atoms in total. The fourth-order valence-corrected chi connectivity index (χ4v) is 2.65. The van der Waals surface area contributed by atoms with Crippen molar-refractivity contribution in [2.45, 2.75) is 32.9 Å². The topological polar surface area (TPSA) is 93.3 Å². The molecule has 126 valence electrons. The highest BCUT2D eigenvalue weighted by atomic mass is 16.5. The lowest BCUT2D eigenvalue weighted by Gasteiger charge is -2.13. The highest BCUT2D eigenvalue weighted by Gasteiger charge is 2.22. The van der Waals surface area contributed by atoms with E-state index in [1.165, 1.54) is 12.1 Å². The van der Waals surface area contributed by atoms with Gasteiger partial charge in [-0.15, -0.1) is 0 Å². The first-order valence-electron chi connectivity index (χ1n) is 7.86. The van der Waals surface area contributed by atoms with Crippen LogP contribution in [0.25, 0.3) is 0 Å². The Hall–Kier alpha value is -2.83. The number of rotatable bonds is 5. The molecular formula is C17H19N3O4. The molecule has 3 rings (SSSR count). The minimum Gasteiger partial charge on any atom is -0.494 e. The third kappa shape index (κ3) is 3.40. The number of aromatic nitrogens is 2. The lowest BCUT2D eigenvalue weighted by Crippen LogP contribution is -2.25. The average Bonchev–Trinajstić information content (AvgIpc) is 2.92. The molecule has 1 amide bonds. The number of H-pyrrole nitrogens is 1. The number of aromatic amines is 1. The van der Waals surface area contributed by atoms with Crippen LogP contribution in [0.4, 0.5) is 0 Å². The van der Waals surface area contributed by atoms with Gasteiger partial charge in [-0.3, -0.25) is 9.59 Å². The Bertz CT molecular complexity index is 795. The third-order valence-electron chi connectivity index (χ3n) is 3.73. The van der Waals surface area contributed by atoms with Crippen molar-refractivity contribution in [2.75, 3.05) is 6.61 Å². The monoisotopic (exact) mass is 329 g/mol. The second kappa shape index (κ2) is 6.74. The van der Waals surface area contributed by atoms with Gasteiger partial charge in [0.15, 0.2) is 0 Å². The number of benzene rings is 1. The van der Waals surface area contributed by atoms with Gasteiger partial charge >= 0.3 is 0 Å². The summed E-state index contributed by atoms with van der Waals surface area (Å²) in [5.41, 5.74) is 1.75. The van der Waals surface area contributed by atoms with Crippen LogP contribution in [0.5, 0.6) is 11.5 Å². The summed E-state index contributed by atoms with van der Waals surface area (Å²) < 4.78 is 11.4. The lowest BCUT2D eigenvalue weighted by atomic mass is 10.1. The zero-order chi connectivity index (χ0) is 17.1. The van der Waals surface area contributed by atoms with Gasteiger partial charge in [0.25, 0.3) is 11.5 Å². The average molecular weight is 329 g/mol. The number of carbonyl (C=O) groups is 1. The lowest BCUT2D eigenvalue weighted by molar-refractivity contribution is 0.0944. The van der Waals surface area contributed by atoms with Gasteiger partial charge in [0.2, 0.25) is 0 Å². The SMILES string of the molecule is CCOc1cc2c(cc1CNC(=O)c1ccc(=O)[nH]n1)OC(C)C2. The molecule has 1 unspecified atom stereocenters. The molecule has 1 aliphatic rings. The summed E-state index contributed by atoms with van der Waals surface area (Å²) in [6, 6.07) is 6.52. The first-order chi connectivity index (χ1) is 11.6. The van der Waals surface area contributed by atoms with Crippen LogP contribution in [0, 0.1) is 0 Å². The number of nitrogens with one attached hydrogen (secondary N) is 2. The van der Waals surface area contributed by atoms with Crippen LogP contribution in [-0.4, -0.2) is 28.8 Å². The Labute approximate surface area is 139 Å². The number of nitrogens with zero attached hydrogens (tertiary/aromatic N) is 1. The van der Waals surface area contributed by atoms with E-state index in [9.17, 15) is 9.59 Å². The molecule has 24 heavy (non-hydrogen) atoms. The largest absolute Gasteiger partial charge is 0.494 e. The second-order valence-electron chi connectivity index (χ2n) is 5.62. The Balaban J connectivity index is 1.76. The maximum absolute atomic E-state index is 12.1.